The van der Waals surface area contributed by atoms with E-state index < -0.39 is 0 Å². The Balaban J connectivity index is 1.73. The first-order valence-electron chi connectivity index (χ1n) is 5.38. The Labute approximate surface area is 104 Å². The summed E-state index contributed by atoms with van der Waals surface area (Å²) in [6.07, 6.45) is 6.43. The number of carbonyl (C=O) groups is 1. The predicted octanol–water partition coefficient (Wildman–Crippen LogP) is 0.360. The maximum absolute atomic E-state index is 11.6. The monoisotopic (exact) mass is 244 g/mol. The zero-order valence-corrected chi connectivity index (χ0v) is 9.58. The van der Waals surface area contributed by atoms with Crippen LogP contribution < -0.4 is 10.6 Å². The lowest BCUT2D eigenvalue weighted by molar-refractivity contribution is -0.115. The van der Waals surface area contributed by atoms with E-state index in [1.807, 2.05) is 0 Å². The van der Waals surface area contributed by atoms with E-state index in [9.17, 15) is 4.79 Å². The van der Waals surface area contributed by atoms with Gasteiger partial charge < -0.3 is 10.6 Å². The number of nitrogens with one attached hydrogen (secondary N) is 2. The minimum absolute atomic E-state index is 0.0325. The lowest BCUT2D eigenvalue weighted by Crippen LogP contribution is -2.23. The normalized spacial score (nSPS) is 9.78. The lowest BCUT2D eigenvalue weighted by Gasteiger charge is -2.04. The van der Waals surface area contributed by atoms with Crippen LogP contribution in [0, 0.1) is 0 Å². The van der Waals surface area contributed by atoms with Gasteiger partial charge in [0.25, 0.3) is 0 Å². The van der Waals surface area contributed by atoms with E-state index in [2.05, 4.69) is 30.6 Å². The van der Waals surface area contributed by atoms with Gasteiger partial charge in [-0.2, -0.15) is 0 Å². The summed E-state index contributed by atoms with van der Waals surface area (Å²) in [5, 5.41) is 5.66. The van der Waals surface area contributed by atoms with E-state index in [1.165, 1.54) is 0 Å². The molecule has 0 amide bonds. The van der Waals surface area contributed by atoms with E-state index in [1.54, 1.807) is 36.9 Å². The Morgan fingerprint density at radius 1 is 0.833 bits per heavy atom. The summed E-state index contributed by atoms with van der Waals surface area (Å²) in [6, 6.07) is 3.42. The molecule has 0 saturated heterocycles. The Morgan fingerprint density at radius 3 is 1.61 bits per heavy atom. The third-order valence-corrected chi connectivity index (χ3v) is 2.02. The predicted molar refractivity (Wildman–Crippen MR) is 66.1 cm³/mol. The molecule has 0 aliphatic carbocycles. The molecule has 7 heteroatoms. The molecule has 18 heavy (non-hydrogen) atoms. The molecule has 0 radical (unpaired) electrons. The average Bonchev–Trinajstić information content (AvgIpc) is 2.45. The number of nitrogens with zero attached hydrogens (tertiary/aromatic N) is 4. The molecule has 0 aromatic carbocycles. The molecule has 2 rings (SSSR count). The molecule has 2 aromatic rings. The topological polar surface area (TPSA) is 92.7 Å². The Kier molecular flexibility index (Phi) is 4.12. The SMILES string of the molecule is O=C(CNc1ncccn1)CNc1ncccn1. The maximum Gasteiger partial charge on any atom is 0.222 e. The fourth-order valence-corrected chi connectivity index (χ4v) is 1.20. The number of rotatable bonds is 6. The second kappa shape index (κ2) is 6.24. The van der Waals surface area contributed by atoms with Crippen molar-refractivity contribution < 1.29 is 4.79 Å². The van der Waals surface area contributed by atoms with Crippen molar-refractivity contribution in [3.63, 3.8) is 0 Å². The van der Waals surface area contributed by atoms with Gasteiger partial charge in [-0.15, -0.1) is 0 Å². The summed E-state index contributed by atoms with van der Waals surface area (Å²) in [7, 11) is 0. The van der Waals surface area contributed by atoms with Gasteiger partial charge in [-0.25, -0.2) is 19.9 Å². The molecule has 0 atom stereocenters. The fraction of sp³-hybridized carbons (Fsp3) is 0.182. The zero-order valence-electron chi connectivity index (χ0n) is 9.58. The molecule has 0 saturated carbocycles. The number of aromatic nitrogens is 4. The molecule has 2 aromatic heterocycles. The van der Waals surface area contributed by atoms with E-state index in [0.29, 0.717) is 11.9 Å². The second-order valence-electron chi connectivity index (χ2n) is 3.39. The van der Waals surface area contributed by atoms with Gasteiger partial charge in [0.2, 0.25) is 11.9 Å². The molecule has 2 N–H and O–H groups in total. The van der Waals surface area contributed by atoms with Crippen molar-refractivity contribution in [1.29, 1.82) is 0 Å². The third kappa shape index (κ3) is 3.78. The van der Waals surface area contributed by atoms with Crippen LogP contribution in [0.5, 0.6) is 0 Å². The molecule has 0 bridgehead atoms. The number of ketones is 1. The summed E-state index contributed by atoms with van der Waals surface area (Å²) < 4.78 is 0. The van der Waals surface area contributed by atoms with Gasteiger partial charge >= 0.3 is 0 Å². The Bertz CT molecular complexity index is 444. The Morgan fingerprint density at radius 2 is 1.22 bits per heavy atom. The third-order valence-electron chi connectivity index (χ3n) is 2.02. The van der Waals surface area contributed by atoms with Crippen molar-refractivity contribution in [3.05, 3.63) is 36.9 Å². The van der Waals surface area contributed by atoms with Crippen molar-refractivity contribution in [3.8, 4) is 0 Å². The van der Waals surface area contributed by atoms with Gasteiger partial charge in [0, 0.05) is 24.8 Å². The first kappa shape index (κ1) is 11.9. The molecule has 0 aliphatic rings. The molecule has 0 fully saturated rings. The van der Waals surface area contributed by atoms with Crippen molar-refractivity contribution >= 4 is 17.7 Å². The number of anilines is 2. The van der Waals surface area contributed by atoms with E-state index in [-0.39, 0.29) is 18.9 Å². The summed E-state index contributed by atoms with van der Waals surface area (Å²) in [4.78, 5) is 27.4. The van der Waals surface area contributed by atoms with Crippen molar-refractivity contribution in [2.24, 2.45) is 0 Å². The smallest absolute Gasteiger partial charge is 0.222 e. The second-order valence-corrected chi connectivity index (χ2v) is 3.39. The summed E-state index contributed by atoms with van der Waals surface area (Å²) >= 11 is 0. The van der Waals surface area contributed by atoms with E-state index in [4.69, 9.17) is 0 Å². The van der Waals surface area contributed by atoms with Gasteiger partial charge in [-0.3, -0.25) is 4.79 Å². The van der Waals surface area contributed by atoms with E-state index >= 15 is 0 Å². The van der Waals surface area contributed by atoms with Gasteiger partial charge in [-0.1, -0.05) is 0 Å². The molecule has 7 nitrogen and oxygen atoms in total. The number of hydrogen-bond donors (Lipinski definition) is 2. The first-order valence-corrected chi connectivity index (χ1v) is 5.38. The number of Topliss-reactive ketones (excluding diaryl/α,β-unsaturated/α-hetero) is 1. The molecular weight excluding hydrogens is 232 g/mol. The molecule has 0 unspecified atom stereocenters. The number of hydrogen-bond acceptors (Lipinski definition) is 7. The molecule has 2 heterocycles. The highest BCUT2D eigenvalue weighted by Gasteiger charge is 2.03. The van der Waals surface area contributed by atoms with Crippen LogP contribution in [0.2, 0.25) is 0 Å². The van der Waals surface area contributed by atoms with Gasteiger partial charge in [-0.05, 0) is 12.1 Å². The largest absolute Gasteiger partial charge is 0.347 e. The summed E-state index contributed by atoms with van der Waals surface area (Å²) in [5.41, 5.74) is 0. The first-order chi connectivity index (χ1) is 8.84. The fourth-order valence-electron chi connectivity index (χ4n) is 1.20. The maximum atomic E-state index is 11.6. The van der Waals surface area contributed by atoms with Gasteiger partial charge in [0.15, 0.2) is 5.78 Å². The van der Waals surface area contributed by atoms with Crippen LogP contribution in [0.15, 0.2) is 36.9 Å². The van der Waals surface area contributed by atoms with Crippen molar-refractivity contribution in [1.82, 2.24) is 19.9 Å². The van der Waals surface area contributed by atoms with Crippen LogP contribution in [0.25, 0.3) is 0 Å². The van der Waals surface area contributed by atoms with E-state index in [0.717, 1.165) is 0 Å². The average molecular weight is 244 g/mol. The van der Waals surface area contributed by atoms with Gasteiger partial charge in [0.1, 0.15) is 0 Å². The van der Waals surface area contributed by atoms with Crippen molar-refractivity contribution in [2.45, 2.75) is 0 Å². The minimum Gasteiger partial charge on any atom is -0.347 e. The zero-order chi connectivity index (χ0) is 12.6. The molecule has 0 aliphatic heterocycles. The van der Waals surface area contributed by atoms with Crippen LogP contribution in [0.4, 0.5) is 11.9 Å². The highest BCUT2D eigenvalue weighted by atomic mass is 16.1. The Hall–Kier alpha value is -2.57. The quantitative estimate of drug-likeness (QED) is 0.757. The van der Waals surface area contributed by atoms with Crippen LogP contribution in [0.3, 0.4) is 0 Å². The van der Waals surface area contributed by atoms with Crippen LogP contribution >= 0.6 is 0 Å². The molecular formula is C11H12N6O. The molecule has 92 valence electrons. The highest BCUT2D eigenvalue weighted by Crippen LogP contribution is 1.95. The molecule has 0 spiro atoms. The van der Waals surface area contributed by atoms with Crippen LogP contribution in [-0.4, -0.2) is 38.8 Å². The highest BCUT2D eigenvalue weighted by molar-refractivity contribution is 5.86. The van der Waals surface area contributed by atoms with Crippen molar-refractivity contribution in [2.75, 3.05) is 23.7 Å². The standard InChI is InChI=1S/C11H12N6O/c18-9(7-16-10-12-3-1-4-13-10)8-17-11-14-5-2-6-15-11/h1-6H,7-8H2,(H,12,13,16)(H,14,15,17). The summed E-state index contributed by atoms with van der Waals surface area (Å²) in [6.45, 7) is 0.313. The van der Waals surface area contributed by atoms with Crippen LogP contribution in [0.1, 0.15) is 0 Å². The van der Waals surface area contributed by atoms with Gasteiger partial charge in [0.05, 0.1) is 13.1 Å². The minimum atomic E-state index is -0.0325. The number of carbonyl (C=O) groups excluding carboxylic acids is 1. The summed E-state index contributed by atoms with van der Waals surface area (Å²) in [5.74, 6) is 0.832. The van der Waals surface area contributed by atoms with Crippen LogP contribution in [-0.2, 0) is 4.79 Å². The lowest BCUT2D eigenvalue weighted by atomic mass is 10.4.